The van der Waals surface area contributed by atoms with E-state index in [4.69, 9.17) is 21.1 Å². The van der Waals surface area contributed by atoms with Gasteiger partial charge in [-0.3, -0.25) is 9.59 Å². The van der Waals surface area contributed by atoms with E-state index in [1.54, 1.807) is 43.5 Å². The predicted octanol–water partition coefficient (Wildman–Crippen LogP) is 5.17. The van der Waals surface area contributed by atoms with Gasteiger partial charge in [0.1, 0.15) is 0 Å². The number of benzene rings is 3. The summed E-state index contributed by atoms with van der Waals surface area (Å²) in [6.07, 6.45) is 0.0357. The lowest BCUT2D eigenvalue weighted by Gasteiger charge is -2.20. The van der Waals surface area contributed by atoms with Crippen molar-refractivity contribution in [3.8, 4) is 11.5 Å². The first kappa shape index (κ1) is 23.2. The van der Waals surface area contributed by atoms with Crippen LogP contribution in [-0.2, 0) is 4.79 Å². The summed E-state index contributed by atoms with van der Waals surface area (Å²) in [5.74, 6) is 0.491. The molecule has 32 heavy (non-hydrogen) atoms. The lowest BCUT2D eigenvalue weighted by Crippen LogP contribution is -2.31. The molecule has 7 heteroatoms. The van der Waals surface area contributed by atoms with Crippen molar-refractivity contribution in [3.63, 3.8) is 0 Å². The Morgan fingerprint density at radius 1 is 0.938 bits per heavy atom. The first-order chi connectivity index (χ1) is 15.4. The molecule has 0 radical (unpaired) electrons. The minimum absolute atomic E-state index is 0.0357. The van der Waals surface area contributed by atoms with Gasteiger partial charge in [0.25, 0.3) is 5.91 Å². The van der Waals surface area contributed by atoms with Crippen LogP contribution in [0.2, 0.25) is 5.02 Å². The van der Waals surface area contributed by atoms with Crippen molar-refractivity contribution in [1.82, 2.24) is 5.32 Å². The van der Waals surface area contributed by atoms with Crippen LogP contribution in [0.15, 0.2) is 66.7 Å². The van der Waals surface area contributed by atoms with Gasteiger partial charge in [-0.1, -0.05) is 54.1 Å². The van der Waals surface area contributed by atoms with Crippen LogP contribution in [0, 0.1) is 6.92 Å². The van der Waals surface area contributed by atoms with E-state index >= 15 is 0 Å². The molecular weight excluding hydrogens is 428 g/mol. The van der Waals surface area contributed by atoms with Crippen LogP contribution in [0.3, 0.4) is 0 Å². The Kier molecular flexibility index (Phi) is 7.73. The third kappa shape index (κ3) is 5.59. The topological polar surface area (TPSA) is 76.7 Å². The van der Waals surface area contributed by atoms with Gasteiger partial charge in [0.05, 0.1) is 37.3 Å². The standard InChI is InChI=1S/C25H25ClN2O4/c1-16-13-22(31-2)23(32-3)14-20(16)27-24(29)15-21(17-9-5-4-6-10-17)28-25(30)18-11-7-8-12-19(18)26/h4-14,21H,15H2,1-3H3,(H,27,29)(H,28,30). The van der Waals surface area contributed by atoms with Gasteiger partial charge in [0.15, 0.2) is 11.5 Å². The molecule has 0 aliphatic rings. The van der Waals surface area contributed by atoms with Crippen molar-refractivity contribution < 1.29 is 19.1 Å². The molecule has 0 aliphatic heterocycles. The normalized spacial score (nSPS) is 11.4. The fourth-order valence-corrected chi connectivity index (χ4v) is 3.54. The molecule has 0 bridgehead atoms. The molecule has 1 unspecified atom stereocenters. The maximum atomic E-state index is 12.9. The number of carbonyl (C=O) groups excluding carboxylic acids is 2. The largest absolute Gasteiger partial charge is 0.493 e. The molecule has 1 atom stereocenters. The number of amides is 2. The number of anilines is 1. The first-order valence-corrected chi connectivity index (χ1v) is 10.4. The Balaban J connectivity index is 1.80. The molecule has 0 heterocycles. The van der Waals surface area contributed by atoms with Gasteiger partial charge < -0.3 is 20.1 Å². The number of hydrogen-bond donors (Lipinski definition) is 2. The van der Waals surface area contributed by atoms with Gasteiger partial charge in [0.2, 0.25) is 5.91 Å². The summed E-state index contributed by atoms with van der Waals surface area (Å²) in [7, 11) is 3.09. The molecule has 3 rings (SSSR count). The minimum Gasteiger partial charge on any atom is -0.493 e. The quantitative estimate of drug-likeness (QED) is 0.494. The smallest absolute Gasteiger partial charge is 0.253 e. The van der Waals surface area contributed by atoms with Crippen LogP contribution >= 0.6 is 11.6 Å². The van der Waals surface area contributed by atoms with Crippen LogP contribution < -0.4 is 20.1 Å². The predicted molar refractivity (Wildman–Crippen MR) is 126 cm³/mol. The second kappa shape index (κ2) is 10.7. The van der Waals surface area contributed by atoms with Crippen molar-refractivity contribution in [2.24, 2.45) is 0 Å². The van der Waals surface area contributed by atoms with E-state index in [1.165, 1.54) is 7.11 Å². The number of rotatable bonds is 8. The summed E-state index contributed by atoms with van der Waals surface area (Å²) in [4.78, 5) is 25.8. The average molecular weight is 453 g/mol. The first-order valence-electron chi connectivity index (χ1n) is 10.1. The maximum absolute atomic E-state index is 12.9. The highest BCUT2D eigenvalue weighted by molar-refractivity contribution is 6.33. The molecular formula is C25H25ClN2O4. The average Bonchev–Trinajstić information content (AvgIpc) is 2.80. The van der Waals surface area contributed by atoms with Gasteiger partial charge in [-0.15, -0.1) is 0 Å². The van der Waals surface area contributed by atoms with Crippen LogP contribution in [0.4, 0.5) is 5.69 Å². The molecule has 0 saturated heterocycles. The zero-order valence-electron chi connectivity index (χ0n) is 18.1. The summed E-state index contributed by atoms with van der Waals surface area (Å²) in [5.41, 5.74) is 2.60. The molecule has 2 amide bonds. The number of aryl methyl sites for hydroxylation is 1. The minimum atomic E-state index is -0.541. The molecule has 0 aromatic heterocycles. The van der Waals surface area contributed by atoms with Gasteiger partial charge >= 0.3 is 0 Å². The van der Waals surface area contributed by atoms with Crippen molar-refractivity contribution in [2.75, 3.05) is 19.5 Å². The molecule has 166 valence electrons. The van der Waals surface area contributed by atoms with Crippen molar-refractivity contribution in [1.29, 1.82) is 0 Å². The lowest BCUT2D eigenvalue weighted by molar-refractivity contribution is -0.116. The summed E-state index contributed by atoms with van der Waals surface area (Å²) in [6.45, 7) is 1.87. The number of halogens is 1. The van der Waals surface area contributed by atoms with Gasteiger partial charge in [0, 0.05) is 11.8 Å². The van der Waals surface area contributed by atoms with Crippen molar-refractivity contribution >= 4 is 29.1 Å². The van der Waals surface area contributed by atoms with Gasteiger partial charge in [-0.05, 0) is 36.2 Å². The van der Waals surface area contributed by atoms with E-state index in [1.807, 2.05) is 37.3 Å². The summed E-state index contributed by atoms with van der Waals surface area (Å²) >= 11 is 6.17. The third-order valence-corrected chi connectivity index (χ3v) is 5.35. The second-order valence-electron chi connectivity index (χ2n) is 7.19. The molecule has 3 aromatic rings. The Morgan fingerprint density at radius 2 is 1.56 bits per heavy atom. The Bertz CT molecular complexity index is 1100. The molecule has 3 aromatic carbocycles. The monoisotopic (exact) mass is 452 g/mol. The van der Waals surface area contributed by atoms with Crippen molar-refractivity contribution in [3.05, 3.63) is 88.4 Å². The Hall–Kier alpha value is -3.51. The molecule has 0 aliphatic carbocycles. The molecule has 6 nitrogen and oxygen atoms in total. The lowest BCUT2D eigenvalue weighted by atomic mass is 10.0. The van der Waals surface area contributed by atoms with E-state index in [9.17, 15) is 9.59 Å². The van der Waals surface area contributed by atoms with Crippen LogP contribution in [-0.4, -0.2) is 26.0 Å². The van der Waals surface area contributed by atoms with Gasteiger partial charge in [-0.25, -0.2) is 0 Å². The van der Waals surface area contributed by atoms with Crippen molar-refractivity contribution in [2.45, 2.75) is 19.4 Å². The number of methoxy groups -OCH3 is 2. The Morgan fingerprint density at radius 3 is 2.22 bits per heavy atom. The molecule has 2 N–H and O–H groups in total. The summed E-state index contributed by atoms with van der Waals surface area (Å²) in [5, 5.41) is 6.19. The van der Waals surface area contributed by atoms with E-state index < -0.39 is 6.04 Å². The Labute approximate surface area is 192 Å². The number of ether oxygens (including phenoxy) is 2. The van der Waals surface area contributed by atoms with Crippen LogP contribution in [0.25, 0.3) is 0 Å². The third-order valence-electron chi connectivity index (χ3n) is 5.02. The van der Waals surface area contributed by atoms with E-state index in [0.29, 0.717) is 27.8 Å². The number of hydrogen-bond acceptors (Lipinski definition) is 4. The highest BCUT2D eigenvalue weighted by atomic mass is 35.5. The van der Waals surface area contributed by atoms with Gasteiger partial charge in [-0.2, -0.15) is 0 Å². The fraction of sp³-hybridized carbons (Fsp3) is 0.200. The highest BCUT2D eigenvalue weighted by Gasteiger charge is 2.21. The number of carbonyl (C=O) groups is 2. The van der Waals surface area contributed by atoms with E-state index in [0.717, 1.165) is 11.1 Å². The SMILES string of the molecule is COc1cc(C)c(NC(=O)CC(NC(=O)c2ccccc2Cl)c2ccccc2)cc1OC. The van der Waals surface area contributed by atoms with E-state index in [2.05, 4.69) is 10.6 Å². The molecule has 0 saturated carbocycles. The maximum Gasteiger partial charge on any atom is 0.253 e. The van der Waals surface area contributed by atoms with Crippen LogP contribution in [0.5, 0.6) is 11.5 Å². The van der Waals surface area contributed by atoms with Crippen LogP contribution in [0.1, 0.15) is 33.9 Å². The zero-order chi connectivity index (χ0) is 23.1. The zero-order valence-corrected chi connectivity index (χ0v) is 18.9. The second-order valence-corrected chi connectivity index (χ2v) is 7.60. The molecule has 0 spiro atoms. The summed E-state index contributed by atoms with van der Waals surface area (Å²) in [6, 6.07) is 19.1. The highest BCUT2D eigenvalue weighted by Crippen LogP contribution is 2.33. The fourth-order valence-electron chi connectivity index (χ4n) is 3.32. The van der Waals surface area contributed by atoms with E-state index in [-0.39, 0.29) is 18.2 Å². The molecule has 0 fully saturated rings. The summed E-state index contributed by atoms with van der Waals surface area (Å²) < 4.78 is 10.6. The number of nitrogens with one attached hydrogen (secondary N) is 2.